The van der Waals surface area contributed by atoms with Gasteiger partial charge < -0.3 is 0 Å². The van der Waals surface area contributed by atoms with Crippen LogP contribution in [-0.2, 0) is 0 Å². The van der Waals surface area contributed by atoms with E-state index in [-0.39, 0.29) is 0 Å². The quantitative estimate of drug-likeness (QED) is 0.384. The SMILES string of the molecule is C#CCCCC1CCCC1Br. The third-order valence-corrected chi connectivity index (χ3v) is 3.67. The van der Waals surface area contributed by atoms with Crippen LogP contribution < -0.4 is 0 Å². The van der Waals surface area contributed by atoms with Crippen molar-refractivity contribution in [3.05, 3.63) is 0 Å². The molecule has 1 rings (SSSR count). The maximum atomic E-state index is 5.19. The standard InChI is InChI=1S/C10H15Br/c1-2-3-4-6-9-7-5-8-10(9)11/h1,9-10H,3-8H2. The minimum absolute atomic E-state index is 0.778. The van der Waals surface area contributed by atoms with Crippen molar-refractivity contribution in [2.24, 2.45) is 5.92 Å². The van der Waals surface area contributed by atoms with Gasteiger partial charge in [-0.15, -0.1) is 12.3 Å². The third-order valence-electron chi connectivity index (χ3n) is 2.46. The number of terminal acetylenes is 1. The zero-order valence-electron chi connectivity index (χ0n) is 6.85. The van der Waals surface area contributed by atoms with Gasteiger partial charge >= 0.3 is 0 Å². The summed E-state index contributed by atoms with van der Waals surface area (Å²) in [7, 11) is 0. The maximum absolute atomic E-state index is 5.19. The second-order valence-electron chi connectivity index (χ2n) is 3.30. The Labute approximate surface area is 77.9 Å². The molecule has 2 atom stereocenters. The molecule has 11 heavy (non-hydrogen) atoms. The first-order chi connectivity index (χ1) is 5.34. The van der Waals surface area contributed by atoms with Gasteiger partial charge in [0.15, 0.2) is 0 Å². The Balaban J connectivity index is 2.11. The molecule has 0 nitrogen and oxygen atoms in total. The summed E-state index contributed by atoms with van der Waals surface area (Å²) in [6.07, 6.45) is 12.8. The fourth-order valence-electron chi connectivity index (χ4n) is 1.78. The van der Waals surface area contributed by atoms with Crippen LogP contribution in [0.5, 0.6) is 0 Å². The largest absolute Gasteiger partial charge is 0.120 e. The minimum atomic E-state index is 0.778. The van der Waals surface area contributed by atoms with Crippen molar-refractivity contribution in [2.75, 3.05) is 0 Å². The van der Waals surface area contributed by atoms with Crippen LogP contribution in [0.3, 0.4) is 0 Å². The van der Waals surface area contributed by atoms with Crippen molar-refractivity contribution in [3.63, 3.8) is 0 Å². The summed E-state index contributed by atoms with van der Waals surface area (Å²) in [6, 6.07) is 0. The Morgan fingerprint density at radius 1 is 1.45 bits per heavy atom. The minimum Gasteiger partial charge on any atom is -0.120 e. The van der Waals surface area contributed by atoms with Crippen molar-refractivity contribution in [1.82, 2.24) is 0 Å². The molecular formula is C10H15Br. The molecule has 1 heteroatoms. The summed E-state index contributed by atoms with van der Waals surface area (Å²) in [5.74, 6) is 3.60. The van der Waals surface area contributed by atoms with Gasteiger partial charge in [0.05, 0.1) is 0 Å². The third kappa shape index (κ3) is 2.87. The summed E-state index contributed by atoms with van der Waals surface area (Å²) >= 11 is 3.71. The average Bonchev–Trinajstić information content (AvgIpc) is 2.37. The number of halogens is 1. The molecule has 1 aliphatic carbocycles. The highest BCUT2D eigenvalue weighted by Gasteiger charge is 2.23. The zero-order valence-corrected chi connectivity index (χ0v) is 8.44. The molecule has 0 N–H and O–H groups in total. The van der Waals surface area contributed by atoms with Crippen molar-refractivity contribution < 1.29 is 0 Å². The van der Waals surface area contributed by atoms with E-state index >= 15 is 0 Å². The second kappa shape index (κ2) is 4.83. The van der Waals surface area contributed by atoms with Gasteiger partial charge in [0.25, 0.3) is 0 Å². The van der Waals surface area contributed by atoms with E-state index in [1.54, 1.807) is 0 Å². The van der Waals surface area contributed by atoms with E-state index < -0.39 is 0 Å². The molecule has 0 aliphatic heterocycles. The first kappa shape index (κ1) is 9.13. The van der Waals surface area contributed by atoms with Crippen molar-refractivity contribution in [1.29, 1.82) is 0 Å². The lowest BCUT2D eigenvalue weighted by atomic mass is 10.0. The van der Waals surface area contributed by atoms with Gasteiger partial charge in [-0.3, -0.25) is 0 Å². The van der Waals surface area contributed by atoms with Crippen LogP contribution >= 0.6 is 15.9 Å². The molecule has 0 heterocycles. The molecule has 0 aromatic carbocycles. The zero-order chi connectivity index (χ0) is 8.10. The number of hydrogen-bond donors (Lipinski definition) is 0. The van der Waals surface area contributed by atoms with E-state index in [1.165, 1.54) is 32.1 Å². The highest BCUT2D eigenvalue weighted by atomic mass is 79.9. The highest BCUT2D eigenvalue weighted by Crippen LogP contribution is 2.34. The predicted molar refractivity (Wildman–Crippen MR) is 52.7 cm³/mol. The lowest BCUT2D eigenvalue weighted by molar-refractivity contribution is 0.501. The maximum Gasteiger partial charge on any atom is 0.0174 e. The van der Waals surface area contributed by atoms with Gasteiger partial charge in [-0.25, -0.2) is 0 Å². The average molecular weight is 215 g/mol. The lowest BCUT2D eigenvalue weighted by Gasteiger charge is -2.11. The van der Waals surface area contributed by atoms with E-state index in [0.29, 0.717) is 0 Å². The predicted octanol–water partition coefficient (Wildman–Crippen LogP) is 3.35. The van der Waals surface area contributed by atoms with Gasteiger partial charge in [-0.2, -0.15) is 0 Å². The molecule has 0 aromatic rings. The summed E-state index contributed by atoms with van der Waals surface area (Å²) in [5, 5.41) is 0. The van der Waals surface area contributed by atoms with Crippen molar-refractivity contribution in [3.8, 4) is 12.3 Å². The molecule has 0 radical (unpaired) electrons. The molecule has 0 bridgehead atoms. The molecule has 2 unspecified atom stereocenters. The lowest BCUT2D eigenvalue weighted by Crippen LogP contribution is -2.05. The molecule has 0 aromatic heterocycles. The summed E-state index contributed by atoms with van der Waals surface area (Å²) < 4.78 is 0. The summed E-state index contributed by atoms with van der Waals surface area (Å²) in [6.45, 7) is 0. The number of alkyl halides is 1. The molecule has 62 valence electrons. The van der Waals surface area contributed by atoms with Gasteiger partial charge in [-0.05, 0) is 31.6 Å². The first-order valence-corrected chi connectivity index (χ1v) is 5.33. The Morgan fingerprint density at radius 3 is 2.82 bits per heavy atom. The monoisotopic (exact) mass is 214 g/mol. The van der Waals surface area contributed by atoms with E-state index in [0.717, 1.165) is 17.2 Å². The molecule has 0 saturated heterocycles. The Bertz CT molecular complexity index is 145. The smallest absolute Gasteiger partial charge is 0.0174 e. The van der Waals surface area contributed by atoms with E-state index in [2.05, 4.69) is 21.9 Å². The Kier molecular flexibility index (Phi) is 4.01. The van der Waals surface area contributed by atoms with Crippen LogP contribution in [0.2, 0.25) is 0 Å². The van der Waals surface area contributed by atoms with Crippen LogP contribution in [-0.4, -0.2) is 4.83 Å². The van der Waals surface area contributed by atoms with Gasteiger partial charge in [0.2, 0.25) is 0 Å². The summed E-state index contributed by atoms with van der Waals surface area (Å²) in [5.41, 5.74) is 0. The topological polar surface area (TPSA) is 0 Å². The van der Waals surface area contributed by atoms with Crippen LogP contribution in [0.1, 0.15) is 38.5 Å². The van der Waals surface area contributed by atoms with Crippen LogP contribution in [0.15, 0.2) is 0 Å². The normalized spacial score (nSPS) is 30.2. The van der Waals surface area contributed by atoms with Crippen LogP contribution in [0.25, 0.3) is 0 Å². The first-order valence-electron chi connectivity index (χ1n) is 4.42. The fourth-order valence-corrected chi connectivity index (χ4v) is 2.64. The number of unbranched alkanes of at least 4 members (excludes halogenated alkanes) is 1. The Hall–Kier alpha value is 0.0400. The molecule has 0 spiro atoms. The molecule has 0 amide bonds. The second-order valence-corrected chi connectivity index (χ2v) is 4.48. The van der Waals surface area contributed by atoms with E-state index in [4.69, 9.17) is 6.42 Å². The molecule has 1 aliphatic rings. The number of hydrogen-bond acceptors (Lipinski definition) is 0. The van der Waals surface area contributed by atoms with E-state index in [1.807, 2.05) is 0 Å². The van der Waals surface area contributed by atoms with E-state index in [9.17, 15) is 0 Å². The molecule has 1 saturated carbocycles. The van der Waals surface area contributed by atoms with Gasteiger partial charge in [0.1, 0.15) is 0 Å². The van der Waals surface area contributed by atoms with Crippen LogP contribution in [0, 0.1) is 18.3 Å². The molecule has 1 fully saturated rings. The highest BCUT2D eigenvalue weighted by molar-refractivity contribution is 9.09. The van der Waals surface area contributed by atoms with Crippen LogP contribution in [0.4, 0.5) is 0 Å². The number of rotatable bonds is 3. The fraction of sp³-hybridized carbons (Fsp3) is 0.800. The van der Waals surface area contributed by atoms with Crippen molar-refractivity contribution >= 4 is 15.9 Å². The summed E-state index contributed by atoms with van der Waals surface area (Å²) in [4.78, 5) is 0.778. The molecular weight excluding hydrogens is 200 g/mol. The van der Waals surface area contributed by atoms with Gasteiger partial charge in [0, 0.05) is 11.2 Å². The van der Waals surface area contributed by atoms with Gasteiger partial charge in [-0.1, -0.05) is 22.4 Å². The van der Waals surface area contributed by atoms with Crippen molar-refractivity contribution in [2.45, 2.75) is 43.4 Å². The Morgan fingerprint density at radius 2 is 2.27 bits per heavy atom.